The van der Waals surface area contributed by atoms with Gasteiger partial charge in [-0.2, -0.15) is 0 Å². The number of carbonyl (C=O) groups excluding carboxylic acids is 2. The van der Waals surface area contributed by atoms with Crippen LogP contribution in [-0.4, -0.2) is 45.9 Å². The summed E-state index contributed by atoms with van der Waals surface area (Å²) in [5.41, 5.74) is 0.268. The molecule has 0 unspecified atom stereocenters. The summed E-state index contributed by atoms with van der Waals surface area (Å²) in [6.45, 7) is 8.12. The number of piperidine rings is 1. The van der Waals surface area contributed by atoms with E-state index in [9.17, 15) is 9.59 Å². The molecule has 0 saturated carbocycles. The van der Waals surface area contributed by atoms with Crippen LogP contribution in [0.5, 0.6) is 0 Å². The van der Waals surface area contributed by atoms with E-state index in [-0.39, 0.29) is 23.9 Å². The molecule has 0 radical (unpaired) electrons. The number of aromatic nitrogens is 2. The Morgan fingerprint density at radius 1 is 1.14 bits per heavy atom. The average Bonchev–Trinajstić information content (AvgIpc) is 3.18. The first kappa shape index (κ1) is 20.8. The normalized spacial score (nSPS) is 16.3. The monoisotopic (exact) mass is 401 g/mol. The average molecular weight is 401 g/mol. The van der Waals surface area contributed by atoms with Crippen LogP contribution in [0.4, 0.5) is 4.79 Å². The Bertz CT molecular complexity index is 836. The van der Waals surface area contributed by atoms with E-state index in [2.05, 4.69) is 10.2 Å². The molecule has 29 heavy (non-hydrogen) atoms. The van der Waals surface area contributed by atoms with Crippen molar-refractivity contribution >= 4 is 12.1 Å². The van der Waals surface area contributed by atoms with E-state index in [1.54, 1.807) is 11.8 Å². The fourth-order valence-corrected chi connectivity index (χ4v) is 3.04. The maximum absolute atomic E-state index is 12.5. The minimum atomic E-state index is -0.642. The van der Waals surface area contributed by atoms with Crippen molar-refractivity contribution < 1.29 is 23.5 Å². The molecule has 1 saturated heterocycles. The molecular weight excluding hydrogens is 374 g/mol. The van der Waals surface area contributed by atoms with E-state index in [1.807, 2.05) is 51.1 Å². The third-order valence-corrected chi connectivity index (χ3v) is 4.58. The summed E-state index contributed by atoms with van der Waals surface area (Å²) >= 11 is 0. The van der Waals surface area contributed by atoms with Gasteiger partial charge in [-0.05, 0) is 52.7 Å². The van der Waals surface area contributed by atoms with Crippen LogP contribution < -0.4 is 0 Å². The van der Waals surface area contributed by atoms with Gasteiger partial charge in [-0.25, -0.2) is 4.79 Å². The Kier molecular flexibility index (Phi) is 6.20. The number of carbonyl (C=O) groups is 2. The first-order valence-corrected chi connectivity index (χ1v) is 9.80. The first-order valence-electron chi connectivity index (χ1n) is 9.80. The maximum Gasteiger partial charge on any atom is 0.410 e. The highest BCUT2D eigenvalue weighted by Gasteiger charge is 2.32. The Balaban J connectivity index is 1.51. The van der Waals surface area contributed by atoms with Gasteiger partial charge in [0.25, 0.3) is 5.89 Å². The van der Waals surface area contributed by atoms with Crippen LogP contribution in [0.3, 0.4) is 0 Å². The number of benzene rings is 1. The SMILES string of the molecule is C[C@@H](OC(=O)C1CCN(C(=O)OC(C)(C)C)CC1)c1nnc(-c2ccccc2)o1. The van der Waals surface area contributed by atoms with Gasteiger partial charge in [-0.3, -0.25) is 4.79 Å². The topological polar surface area (TPSA) is 94.8 Å². The van der Waals surface area contributed by atoms with E-state index in [0.29, 0.717) is 31.8 Å². The number of esters is 1. The van der Waals surface area contributed by atoms with Crippen LogP contribution in [0, 0.1) is 5.92 Å². The van der Waals surface area contributed by atoms with Crippen molar-refractivity contribution in [3.05, 3.63) is 36.2 Å². The van der Waals surface area contributed by atoms with Gasteiger partial charge in [0, 0.05) is 18.7 Å². The molecule has 156 valence electrons. The molecule has 0 spiro atoms. The molecule has 0 bridgehead atoms. The molecule has 1 atom stereocenters. The second-order valence-corrected chi connectivity index (χ2v) is 8.13. The third kappa shape index (κ3) is 5.56. The molecule has 2 heterocycles. The summed E-state index contributed by atoms with van der Waals surface area (Å²) in [6.07, 6.45) is 0.0710. The van der Waals surface area contributed by atoms with Gasteiger partial charge in [0.05, 0.1) is 5.92 Å². The van der Waals surface area contributed by atoms with Crippen molar-refractivity contribution in [2.75, 3.05) is 13.1 Å². The standard InChI is InChI=1S/C21H27N3O5/c1-14(17-22-23-18(28-17)15-8-6-5-7-9-15)27-19(25)16-10-12-24(13-11-16)20(26)29-21(2,3)4/h5-9,14,16H,10-13H2,1-4H3/t14-/m1/s1. The number of rotatable bonds is 4. The first-order chi connectivity index (χ1) is 13.7. The van der Waals surface area contributed by atoms with Gasteiger partial charge in [0.15, 0.2) is 6.10 Å². The number of hydrogen-bond donors (Lipinski definition) is 0. The Hall–Kier alpha value is -2.90. The van der Waals surface area contributed by atoms with E-state index >= 15 is 0 Å². The maximum atomic E-state index is 12.5. The number of amides is 1. The molecular formula is C21H27N3O5. The molecule has 1 fully saturated rings. The van der Waals surface area contributed by atoms with Crippen LogP contribution in [0.1, 0.15) is 52.5 Å². The zero-order valence-electron chi connectivity index (χ0n) is 17.3. The zero-order valence-corrected chi connectivity index (χ0v) is 17.3. The van der Waals surface area contributed by atoms with Crippen LogP contribution in [0.25, 0.3) is 11.5 Å². The summed E-state index contributed by atoms with van der Waals surface area (Å²) in [5.74, 6) is 0.0472. The quantitative estimate of drug-likeness (QED) is 0.715. The highest BCUT2D eigenvalue weighted by molar-refractivity contribution is 5.74. The molecule has 2 aromatic rings. The van der Waals surface area contributed by atoms with Gasteiger partial charge >= 0.3 is 12.1 Å². The molecule has 0 N–H and O–H groups in total. The summed E-state index contributed by atoms with van der Waals surface area (Å²) in [4.78, 5) is 26.3. The van der Waals surface area contributed by atoms with Crippen molar-refractivity contribution in [1.29, 1.82) is 0 Å². The minimum absolute atomic E-state index is 0.253. The lowest BCUT2D eigenvalue weighted by molar-refractivity contribution is -0.156. The van der Waals surface area contributed by atoms with Crippen molar-refractivity contribution in [2.45, 2.75) is 52.2 Å². The van der Waals surface area contributed by atoms with E-state index in [0.717, 1.165) is 5.56 Å². The molecule has 1 aliphatic rings. The largest absolute Gasteiger partial charge is 0.452 e. The fraction of sp³-hybridized carbons (Fsp3) is 0.524. The lowest BCUT2D eigenvalue weighted by Gasteiger charge is -2.32. The van der Waals surface area contributed by atoms with Crippen LogP contribution in [-0.2, 0) is 14.3 Å². The Morgan fingerprint density at radius 3 is 2.41 bits per heavy atom. The molecule has 8 nitrogen and oxygen atoms in total. The van der Waals surface area contributed by atoms with Crippen molar-refractivity contribution in [2.24, 2.45) is 5.92 Å². The van der Waals surface area contributed by atoms with Crippen molar-refractivity contribution in [1.82, 2.24) is 15.1 Å². The molecule has 1 aromatic heterocycles. The molecule has 0 aliphatic carbocycles. The minimum Gasteiger partial charge on any atom is -0.452 e. The zero-order chi connectivity index (χ0) is 21.0. The summed E-state index contributed by atoms with van der Waals surface area (Å²) in [6, 6.07) is 9.40. The Labute approximate surface area is 170 Å². The Morgan fingerprint density at radius 2 is 1.79 bits per heavy atom. The van der Waals surface area contributed by atoms with Gasteiger partial charge in [0.1, 0.15) is 5.60 Å². The van der Waals surface area contributed by atoms with Crippen LogP contribution >= 0.6 is 0 Å². The lowest BCUT2D eigenvalue weighted by atomic mass is 9.97. The summed E-state index contributed by atoms with van der Waals surface area (Å²) in [5, 5.41) is 8.02. The number of hydrogen-bond acceptors (Lipinski definition) is 7. The highest BCUT2D eigenvalue weighted by atomic mass is 16.6. The molecule has 8 heteroatoms. The smallest absolute Gasteiger partial charge is 0.410 e. The van der Waals surface area contributed by atoms with E-state index in [4.69, 9.17) is 13.9 Å². The van der Waals surface area contributed by atoms with Gasteiger partial charge in [0.2, 0.25) is 5.89 Å². The molecule has 1 aliphatic heterocycles. The second-order valence-electron chi connectivity index (χ2n) is 8.13. The predicted octanol–water partition coefficient (Wildman–Crippen LogP) is 3.99. The molecule has 1 aromatic carbocycles. The highest BCUT2D eigenvalue weighted by Crippen LogP contribution is 2.26. The van der Waals surface area contributed by atoms with Gasteiger partial charge in [-0.1, -0.05) is 18.2 Å². The lowest BCUT2D eigenvalue weighted by Crippen LogP contribution is -2.43. The number of likely N-dealkylation sites (tertiary alicyclic amines) is 1. The van der Waals surface area contributed by atoms with Crippen molar-refractivity contribution in [3.8, 4) is 11.5 Å². The molecule has 1 amide bonds. The number of nitrogens with zero attached hydrogens (tertiary/aromatic N) is 3. The predicted molar refractivity (Wildman–Crippen MR) is 105 cm³/mol. The van der Waals surface area contributed by atoms with Gasteiger partial charge in [-0.15, -0.1) is 10.2 Å². The summed E-state index contributed by atoms with van der Waals surface area (Å²) < 4.78 is 16.6. The van der Waals surface area contributed by atoms with E-state index < -0.39 is 11.7 Å². The number of ether oxygens (including phenoxy) is 2. The van der Waals surface area contributed by atoms with Gasteiger partial charge < -0.3 is 18.8 Å². The fourth-order valence-electron chi connectivity index (χ4n) is 3.04. The van der Waals surface area contributed by atoms with Crippen LogP contribution in [0.2, 0.25) is 0 Å². The molecule has 3 rings (SSSR count). The van der Waals surface area contributed by atoms with E-state index in [1.165, 1.54) is 0 Å². The van der Waals surface area contributed by atoms with Crippen molar-refractivity contribution in [3.63, 3.8) is 0 Å². The summed E-state index contributed by atoms with van der Waals surface area (Å²) in [7, 11) is 0. The second kappa shape index (κ2) is 8.63. The van der Waals surface area contributed by atoms with Crippen LogP contribution in [0.15, 0.2) is 34.7 Å². The third-order valence-electron chi connectivity index (χ3n) is 4.58.